The van der Waals surface area contributed by atoms with E-state index in [0.717, 1.165) is 35.9 Å². The molecule has 1 aliphatic heterocycles. The minimum Gasteiger partial charge on any atom is -0.497 e. The number of amides is 2. The first-order valence-electron chi connectivity index (χ1n) is 9.90. The molecule has 2 heterocycles. The normalized spacial score (nSPS) is 14.3. The van der Waals surface area contributed by atoms with E-state index in [-0.39, 0.29) is 6.03 Å². The minimum atomic E-state index is 0.0121. The lowest BCUT2D eigenvalue weighted by Gasteiger charge is -2.34. The van der Waals surface area contributed by atoms with E-state index in [1.807, 2.05) is 29.2 Å². The zero-order chi connectivity index (χ0) is 20.2. The number of nitrogens with zero attached hydrogens (tertiary/aromatic N) is 3. The number of thiazole rings is 1. The van der Waals surface area contributed by atoms with Gasteiger partial charge in [0.25, 0.3) is 0 Å². The molecule has 2 amide bonds. The number of rotatable bonds is 5. The van der Waals surface area contributed by atoms with E-state index >= 15 is 0 Å². The SMILES string of the molecule is COc1ccc(CCNC(=O)N2CCN(c3nc4ccc(C)cc4s3)CC2)cc1. The Morgan fingerprint density at radius 2 is 1.90 bits per heavy atom. The van der Waals surface area contributed by atoms with Crippen LogP contribution in [0, 0.1) is 6.92 Å². The van der Waals surface area contributed by atoms with Crippen molar-refractivity contribution in [1.82, 2.24) is 15.2 Å². The van der Waals surface area contributed by atoms with Gasteiger partial charge in [-0.25, -0.2) is 9.78 Å². The van der Waals surface area contributed by atoms with E-state index < -0.39 is 0 Å². The fourth-order valence-electron chi connectivity index (χ4n) is 3.47. The molecule has 1 fully saturated rings. The van der Waals surface area contributed by atoms with Crippen molar-refractivity contribution in [2.75, 3.05) is 44.7 Å². The number of urea groups is 1. The zero-order valence-corrected chi connectivity index (χ0v) is 17.7. The molecule has 0 bridgehead atoms. The van der Waals surface area contributed by atoms with Gasteiger partial charge >= 0.3 is 6.03 Å². The van der Waals surface area contributed by atoms with Crippen molar-refractivity contribution in [3.05, 3.63) is 53.6 Å². The van der Waals surface area contributed by atoms with Crippen molar-refractivity contribution in [2.45, 2.75) is 13.3 Å². The first kappa shape index (κ1) is 19.5. The first-order valence-corrected chi connectivity index (χ1v) is 10.7. The average Bonchev–Trinajstić information content (AvgIpc) is 3.17. The molecule has 6 nitrogen and oxygen atoms in total. The Kier molecular flexibility index (Phi) is 5.85. The molecule has 4 rings (SSSR count). The van der Waals surface area contributed by atoms with Crippen LogP contribution >= 0.6 is 11.3 Å². The Hall–Kier alpha value is -2.80. The highest BCUT2D eigenvalue weighted by atomic mass is 32.1. The quantitative estimate of drug-likeness (QED) is 0.697. The molecule has 1 N–H and O–H groups in total. The zero-order valence-electron chi connectivity index (χ0n) is 16.9. The lowest BCUT2D eigenvalue weighted by atomic mass is 10.1. The molecule has 2 aromatic carbocycles. The van der Waals surface area contributed by atoms with Crippen LogP contribution in [0.2, 0.25) is 0 Å². The summed E-state index contributed by atoms with van der Waals surface area (Å²) in [5, 5.41) is 4.08. The topological polar surface area (TPSA) is 57.7 Å². The number of hydrogen-bond donors (Lipinski definition) is 1. The van der Waals surface area contributed by atoms with Crippen LogP contribution in [0.4, 0.5) is 9.93 Å². The van der Waals surface area contributed by atoms with Crippen LogP contribution in [0.3, 0.4) is 0 Å². The molecule has 3 aromatic rings. The van der Waals surface area contributed by atoms with Crippen molar-refractivity contribution in [2.24, 2.45) is 0 Å². The standard InChI is InChI=1S/C22H26N4O2S/c1-16-3-8-19-20(15-16)29-22(24-19)26-13-11-25(12-14-26)21(27)23-10-9-17-4-6-18(28-2)7-5-17/h3-8,15H,9-14H2,1-2H3,(H,23,27). The average molecular weight is 411 g/mol. The van der Waals surface area contributed by atoms with Crippen molar-refractivity contribution in [1.29, 1.82) is 0 Å². The number of methoxy groups -OCH3 is 1. The summed E-state index contributed by atoms with van der Waals surface area (Å²) >= 11 is 1.73. The summed E-state index contributed by atoms with van der Waals surface area (Å²) in [5.74, 6) is 0.846. The molecule has 0 aliphatic carbocycles. The molecule has 0 atom stereocenters. The van der Waals surface area contributed by atoms with E-state index in [1.54, 1.807) is 18.4 Å². The van der Waals surface area contributed by atoms with Crippen molar-refractivity contribution >= 4 is 32.7 Å². The van der Waals surface area contributed by atoms with Gasteiger partial charge in [0.1, 0.15) is 5.75 Å². The van der Waals surface area contributed by atoms with Crippen LogP contribution < -0.4 is 15.0 Å². The van der Waals surface area contributed by atoms with Gasteiger partial charge in [0.2, 0.25) is 0 Å². The third-order valence-electron chi connectivity index (χ3n) is 5.22. The Morgan fingerprint density at radius 3 is 2.62 bits per heavy atom. The van der Waals surface area contributed by atoms with Gasteiger partial charge in [-0.1, -0.05) is 29.5 Å². The van der Waals surface area contributed by atoms with Gasteiger partial charge in [-0.05, 0) is 48.7 Å². The number of piperazine rings is 1. The van der Waals surface area contributed by atoms with Crippen LogP contribution in [0.15, 0.2) is 42.5 Å². The smallest absolute Gasteiger partial charge is 0.317 e. The maximum Gasteiger partial charge on any atom is 0.317 e. The molecule has 29 heavy (non-hydrogen) atoms. The first-order chi connectivity index (χ1) is 14.1. The molecule has 152 valence electrons. The Bertz CT molecular complexity index is 978. The Morgan fingerprint density at radius 1 is 1.14 bits per heavy atom. The van der Waals surface area contributed by atoms with Crippen LogP contribution in [0.5, 0.6) is 5.75 Å². The number of carbonyl (C=O) groups is 1. The van der Waals surface area contributed by atoms with Gasteiger partial charge in [-0.15, -0.1) is 0 Å². The van der Waals surface area contributed by atoms with Crippen molar-refractivity contribution in [3.8, 4) is 5.75 Å². The number of ether oxygens (including phenoxy) is 1. The molecular formula is C22H26N4O2S. The summed E-state index contributed by atoms with van der Waals surface area (Å²) in [6.45, 7) is 5.77. The predicted octanol–water partition coefficient (Wildman–Crippen LogP) is 3.69. The van der Waals surface area contributed by atoms with Crippen LogP contribution in [-0.4, -0.2) is 55.7 Å². The second-order valence-electron chi connectivity index (χ2n) is 7.27. The maximum absolute atomic E-state index is 12.5. The van der Waals surface area contributed by atoms with Crippen LogP contribution in [0.1, 0.15) is 11.1 Å². The summed E-state index contributed by atoms with van der Waals surface area (Å²) < 4.78 is 6.39. The summed E-state index contributed by atoms with van der Waals surface area (Å²) in [6, 6.07) is 14.3. The van der Waals surface area contributed by atoms with Gasteiger partial charge in [0, 0.05) is 32.7 Å². The maximum atomic E-state index is 12.5. The summed E-state index contributed by atoms with van der Waals surface area (Å²) in [5.41, 5.74) is 3.49. The van der Waals surface area contributed by atoms with Crippen LogP contribution in [0.25, 0.3) is 10.2 Å². The Balaban J connectivity index is 1.25. The number of benzene rings is 2. The molecular weight excluding hydrogens is 384 g/mol. The van der Waals surface area contributed by atoms with Gasteiger partial charge in [0.15, 0.2) is 5.13 Å². The number of aryl methyl sites for hydroxylation is 1. The summed E-state index contributed by atoms with van der Waals surface area (Å²) in [4.78, 5) is 21.4. The fourth-order valence-corrected chi connectivity index (χ4v) is 4.59. The van der Waals surface area contributed by atoms with Gasteiger partial charge in [0.05, 0.1) is 17.3 Å². The molecule has 0 saturated carbocycles. The lowest BCUT2D eigenvalue weighted by molar-refractivity contribution is 0.194. The van der Waals surface area contributed by atoms with E-state index in [4.69, 9.17) is 9.72 Å². The number of nitrogens with one attached hydrogen (secondary N) is 1. The molecule has 0 unspecified atom stereocenters. The van der Waals surface area contributed by atoms with E-state index in [2.05, 4.69) is 35.3 Å². The lowest BCUT2D eigenvalue weighted by Crippen LogP contribution is -2.52. The predicted molar refractivity (Wildman–Crippen MR) is 118 cm³/mol. The fraction of sp³-hybridized carbons (Fsp3) is 0.364. The highest BCUT2D eigenvalue weighted by Gasteiger charge is 2.22. The van der Waals surface area contributed by atoms with Crippen molar-refractivity contribution < 1.29 is 9.53 Å². The molecule has 7 heteroatoms. The monoisotopic (exact) mass is 410 g/mol. The molecule has 0 radical (unpaired) electrons. The number of aromatic nitrogens is 1. The summed E-state index contributed by atoms with van der Waals surface area (Å²) in [6.07, 6.45) is 0.806. The largest absolute Gasteiger partial charge is 0.497 e. The van der Waals surface area contributed by atoms with E-state index in [9.17, 15) is 4.79 Å². The number of hydrogen-bond acceptors (Lipinski definition) is 5. The number of anilines is 1. The molecule has 1 aromatic heterocycles. The van der Waals surface area contributed by atoms with Gasteiger partial charge in [-0.3, -0.25) is 0 Å². The summed E-state index contributed by atoms with van der Waals surface area (Å²) in [7, 11) is 1.66. The minimum absolute atomic E-state index is 0.0121. The highest BCUT2D eigenvalue weighted by Crippen LogP contribution is 2.30. The van der Waals surface area contributed by atoms with Crippen molar-refractivity contribution in [3.63, 3.8) is 0 Å². The Labute approximate surface area is 175 Å². The van der Waals surface area contributed by atoms with Gasteiger partial charge < -0.3 is 19.9 Å². The van der Waals surface area contributed by atoms with Gasteiger partial charge in [-0.2, -0.15) is 0 Å². The van der Waals surface area contributed by atoms with E-state index in [1.165, 1.54) is 15.8 Å². The molecule has 1 saturated heterocycles. The third-order valence-corrected chi connectivity index (χ3v) is 6.30. The third kappa shape index (κ3) is 4.62. The highest BCUT2D eigenvalue weighted by molar-refractivity contribution is 7.22. The number of fused-ring (bicyclic) bond motifs is 1. The second-order valence-corrected chi connectivity index (χ2v) is 8.28. The van der Waals surface area contributed by atoms with E-state index in [0.29, 0.717) is 19.6 Å². The molecule has 1 aliphatic rings. The van der Waals surface area contributed by atoms with Crippen LogP contribution in [-0.2, 0) is 6.42 Å². The number of carbonyl (C=O) groups excluding carboxylic acids is 1. The second kappa shape index (κ2) is 8.69. The molecule has 0 spiro atoms.